The Balaban J connectivity index is 2.69. The van der Waals surface area contributed by atoms with Crippen molar-refractivity contribution in [2.75, 3.05) is 13.1 Å². The number of benzene rings is 1. The Kier molecular flexibility index (Phi) is 7.62. The van der Waals surface area contributed by atoms with Crippen LogP contribution in [0.1, 0.15) is 19.4 Å². The van der Waals surface area contributed by atoms with Gasteiger partial charge in [-0.25, -0.2) is 4.21 Å². The number of carbonyl (C=O) groups excluding carboxylic acids is 1. The second kappa shape index (κ2) is 8.70. The minimum atomic E-state index is -2.27. The van der Waals surface area contributed by atoms with E-state index in [4.69, 9.17) is 23.2 Å². The summed E-state index contributed by atoms with van der Waals surface area (Å²) < 4.78 is 21.8. The Hall–Kier alpha value is -0.660. The van der Waals surface area contributed by atoms with E-state index in [0.717, 1.165) is 4.31 Å². The Labute approximate surface area is 137 Å². The van der Waals surface area contributed by atoms with Crippen molar-refractivity contribution >= 4 is 40.4 Å². The Morgan fingerprint density at radius 1 is 1.33 bits per heavy atom. The minimum absolute atomic E-state index is 0.0957. The smallest absolute Gasteiger partial charge is 0.235 e. The first-order chi connectivity index (χ1) is 9.77. The molecule has 1 unspecified atom stereocenters. The first-order valence-corrected chi connectivity index (χ1v) is 8.17. The number of halogens is 2. The Morgan fingerprint density at radius 3 is 2.38 bits per heavy atom. The zero-order valence-electron chi connectivity index (χ0n) is 11.8. The molecule has 0 aromatic heterocycles. The highest BCUT2D eigenvalue weighted by Gasteiger charge is 2.17. The second-order valence-corrected chi connectivity index (χ2v) is 6.86. The predicted molar refractivity (Wildman–Crippen MR) is 85.5 cm³/mol. The van der Waals surface area contributed by atoms with Crippen molar-refractivity contribution in [2.24, 2.45) is 5.92 Å². The van der Waals surface area contributed by atoms with Gasteiger partial charge in [0, 0.05) is 23.1 Å². The summed E-state index contributed by atoms with van der Waals surface area (Å²) in [6.45, 7) is 4.37. The van der Waals surface area contributed by atoms with Gasteiger partial charge < -0.3 is 5.32 Å². The van der Waals surface area contributed by atoms with Crippen LogP contribution in [0.4, 0.5) is 0 Å². The van der Waals surface area contributed by atoms with E-state index < -0.39 is 11.3 Å². The van der Waals surface area contributed by atoms with Crippen molar-refractivity contribution in [1.29, 1.82) is 0 Å². The van der Waals surface area contributed by atoms with Crippen LogP contribution in [0.3, 0.4) is 0 Å². The average Bonchev–Trinajstić information content (AvgIpc) is 2.34. The molecule has 0 aliphatic carbocycles. The summed E-state index contributed by atoms with van der Waals surface area (Å²) in [5, 5.41) is 3.57. The number of hydrogen-bond acceptors (Lipinski definition) is 2. The number of amides is 1. The maximum Gasteiger partial charge on any atom is 0.235 e. The zero-order valence-corrected chi connectivity index (χ0v) is 14.1. The molecule has 1 atom stereocenters. The maximum absolute atomic E-state index is 11.7. The molecule has 0 spiro atoms. The highest BCUT2D eigenvalue weighted by atomic mass is 35.5. The van der Waals surface area contributed by atoms with Gasteiger partial charge in [0.05, 0.1) is 6.54 Å². The molecule has 1 amide bonds. The molecule has 8 heteroatoms. The van der Waals surface area contributed by atoms with Gasteiger partial charge in [-0.15, -0.1) is 0 Å². The fraction of sp³-hybridized carbons (Fsp3) is 0.462. The molecule has 0 aliphatic heterocycles. The third-order valence-electron chi connectivity index (χ3n) is 2.53. The van der Waals surface area contributed by atoms with Gasteiger partial charge in [0.25, 0.3) is 0 Å². The first kappa shape index (κ1) is 18.4. The van der Waals surface area contributed by atoms with Crippen molar-refractivity contribution in [1.82, 2.24) is 9.62 Å². The summed E-state index contributed by atoms with van der Waals surface area (Å²) in [5.41, 5.74) is 0.659. The molecule has 0 heterocycles. The van der Waals surface area contributed by atoms with Crippen molar-refractivity contribution < 1.29 is 13.6 Å². The molecule has 0 saturated heterocycles. The summed E-state index contributed by atoms with van der Waals surface area (Å²) in [7, 11) is 0. The lowest BCUT2D eigenvalue weighted by Crippen LogP contribution is -2.39. The third-order valence-corrected chi connectivity index (χ3v) is 3.67. The van der Waals surface area contributed by atoms with E-state index in [2.05, 4.69) is 5.32 Å². The van der Waals surface area contributed by atoms with Crippen LogP contribution in [0.25, 0.3) is 0 Å². The monoisotopic (exact) mass is 352 g/mol. The number of nitrogens with zero attached hydrogens (tertiary/aromatic N) is 1. The molecule has 0 radical (unpaired) electrons. The molecule has 1 aromatic rings. The molecule has 21 heavy (non-hydrogen) atoms. The lowest BCUT2D eigenvalue weighted by atomic mass is 10.2. The lowest BCUT2D eigenvalue weighted by molar-refractivity contribution is -0.121. The van der Waals surface area contributed by atoms with E-state index in [1.165, 1.54) is 0 Å². The molecule has 0 fully saturated rings. The predicted octanol–water partition coefficient (Wildman–Crippen LogP) is 2.70. The first-order valence-electron chi connectivity index (χ1n) is 6.35. The number of hydrogen-bond donors (Lipinski definition) is 2. The fourth-order valence-electron chi connectivity index (χ4n) is 1.61. The van der Waals surface area contributed by atoms with Crippen LogP contribution in [-0.2, 0) is 22.6 Å². The van der Waals surface area contributed by atoms with Gasteiger partial charge in [0.15, 0.2) is 0 Å². The topological polar surface area (TPSA) is 69.6 Å². The van der Waals surface area contributed by atoms with Crippen LogP contribution in [0.5, 0.6) is 0 Å². The van der Waals surface area contributed by atoms with Crippen LogP contribution in [0.15, 0.2) is 18.2 Å². The quantitative estimate of drug-likeness (QED) is 0.741. The van der Waals surface area contributed by atoms with Gasteiger partial charge in [-0.1, -0.05) is 37.0 Å². The molecule has 118 valence electrons. The van der Waals surface area contributed by atoms with Gasteiger partial charge in [-0.05, 0) is 29.7 Å². The normalized spacial score (nSPS) is 12.7. The standard InChI is InChI=1S/C13H18Cl2N2O3S/c1-9(2)6-16-13(18)8-17(21(19)20)7-10-3-11(14)5-12(15)4-10/h3-5,9H,6-8H2,1-2H3,(H,16,18)(H,19,20). The van der Waals surface area contributed by atoms with E-state index in [1.807, 2.05) is 13.8 Å². The van der Waals surface area contributed by atoms with Crippen LogP contribution < -0.4 is 5.32 Å². The zero-order chi connectivity index (χ0) is 16.0. The van der Waals surface area contributed by atoms with Crippen LogP contribution in [-0.4, -0.2) is 32.1 Å². The highest BCUT2D eigenvalue weighted by Crippen LogP contribution is 2.20. The number of carbonyl (C=O) groups is 1. The number of nitrogens with one attached hydrogen (secondary N) is 1. The summed E-state index contributed by atoms with van der Waals surface area (Å²) in [5.74, 6) is 0.00739. The molecule has 2 N–H and O–H groups in total. The second-order valence-electron chi connectivity index (χ2n) is 5.00. The molecule has 1 aromatic carbocycles. The largest absolute Gasteiger partial charge is 0.355 e. The Bertz CT molecular complexity index is 506. The van der Waals surface area contributed by atoms with E-state index >= 15 is 0 Å². The minimum Gasteiger partial charge on any atom is -0.355 e. The summed E-state index contributed by atoms with van der Waals surface area (Å²) in [4.78, 5) is 11.7. The molecule has 5 nitrogen and oxygen atoms in total. The van der Waals surface area contributed by atoms with Gasteiger partial charge >= 0.3 is 0 Å². The van der Waals surface area contributed by atoms with E-state index in [9.17, 15) is 13.6 Å². The van der Waals surface area contributed by atoms with Gasteiger partial charge in [-0.2, -0.15) is 4.31 Å². The average molecular weight is 353 g/mol. The third kappa shape index (κ3) is 7.24. The molecular weight excluding hydrogens is 335 g/mol. The molecular formula is C13H18Cl2N2O3S. The highest BCUT2D eigenvalue weighted by molar-refractivity contribution is 7.76. The molecule has 1 rings (SSSR count). The van der Waals surface area contributed by atoms with Crippen molar-refractivity contribution in [3.63, 3.8) is 0 Å². The molecule has 0 saturated carbocycles. The van der Waals surface area contributed by atoms with Gasteiger partial charge in [0.2, 0.25) is 17.2 Å². The van der Waals surface area contributed by atoms with E-state index in [0.29, 0.717) is 28.1 Å². The fourth-order valence-corrected chi connectivity index (χ4v) is 2.66. The maximum atomic E-state index is 11.7. The lowest BCUT2D eigenvalue weighted by Gasteiger charge is -2.18. The van der Waals surface area contributed by atoms with Gasteiger partial charge in [-0.3, -0.25) is 9.35 Å². The van der Waals surface area contributed by atoms with Crippen molar-refractivity contribution in [2.45, 2.75) is 20.4 Å². The van der Waals surface area contributed by atoms with Crippen LogP contribution in [0, 0.1) is 5.92 Å². The van der Waals surface area contributed by atoms with Crippen LogP contribution in [0.2, 0.25) is 10.0 Å². The summed E-state index contributed by atoms with van der Waals surface area (Å²) in [6, 6.07) is 4.85. The van der Waals surface area contributed by atoms with E-state index in [-0.39, 0.29) is 19.0 Å². The number of rotatable bonds is 7. The van der Waals surface area contributed by atoms with E-state index in [1.54, 1.807) is 18.2 Å². The SMILES string of the molecule is CC(C)CNC(=O)CN(Cc1cc(Cl)cc(Cl)c1)S(=O)O. The Morgan fingerprint density at radius 2 is 1.90 bits per heavy atom. The van der Waals surface area contributed by atoms with Crippen molar-refractivity contribution in [3.05, 3.63) is 33.8 Å². The molecule has 0 bridgehead atoms. The summed E-state index contributed by atoms with van der Waals surface area (Å²) in [6.07, 6.45) is 0. The van der Waals surface area contributed by atoms with Crippen molar-refractivity contribution in [3.8, 4) is 0 Å². The van der Waals surface area contributed by atoms with Crippen LogP contribution >= 0.6 is 23.2 Å². The van der Waals surface area contributed by atoms with Gasteiger partial charge in [0.1, 0.15) is 0 Å². The summed E-state index contributed by atoms with van der Waals surface area (Å²) >= 11 is 9.50. The molecule has 0 aliphatic rings.